The lowest BCUT2D eigenvalue weighted by Gasteiger charge is -2.20. The Morgan fingerprint density at radius 3 is 2.38 bits per heavy atom. The third-order valence-corrected chi connectivity index (χ3v) is 7.64. The smallest absolute Gasteiger partial charge is 0.258 e. The molecule has 32 heavy (non-hydrogen) atoms. The summed E-state index contributed by atoms with van der Waals surface area (Å²) in [5.41, 5.74) is 2.14. The first-order valence-electron chi connectivity index (χ1n) is 10.7. The van der Waals surface area contributed by atoms with Gasteiger partial charge in [0.25, 0.3) is 5.91 Å². The van der Waals surface area contributed by atoms with Crippen molar-refractivity contribution in [3.05, 3.63) is 83.9 Å². The van der Waals surface area contributed by atoms with Crippen LogP contribution in [-0.2, 0) is 16.4 Å². The summed E-state index contributed by atoms with van der Waals surface area (Å²) in [4.78, 5) is 15.2. The van der Waals surface area contributed by atoms with Crippen LogP contribution in [0.25, 0.3) is 0 Å². The van der Waals surface area contributed by atoms with E-state index >= 15 is 0 Å². The molecule has 3 aromatic rings. The topological polar surface area (TPSA) is 66.9 Å². The van der Waals surface area contributed by atoms with Gasteiger partial charge in [0.15, 0.2) is 0 Å². The van der Waals surface area contributed by atoms with E-state index in [1.807, 2.05) is 50.2 Å². The Hall–Kier alpha value is -3.16. The quantitative estimate of drug-likeness (QED) is 0.523. The Kier molecular flexibility index (Phi) is 6.30. The largest absolute Gasteiger partial charge is 0.457 e. The van der Waals surface area contributed by atoms with Gasteiger partial charge in [-0.25, -0.2) is 8.42 Å². The van der Waals surface area contributed by atoms with Crippen LogP contribution in [0.1, 0.15) is 29.8 Å². The zero-order valence-corrected chi connectivity index (χ0v) is 19.0. The summed E-state index contributed by atoms with van der Waals surface area (Å²) in [6, 6.07) is 21.5. The number of hydrogen-bond donors (Lipinski definition) is 0. The lowest BCUT2D eigenvalue weighted by atomic mass is 10.1. The summed E-state index contributed by atoms with van der Waals surface area (Å²) < 4.78 is 33.0. The van der Waals surface area contributed by atoms with Crippen molar-refractivity contribution in [3.8, 4) is 11.5 Å². The van der Waals surface area contributed by atoms with Gasteiger partial charge >= 0.3 is 0 Å². The summed E-state index contributed by atoms with van der Waals surface area (Å²) in [6.07, 6.45) is 0.614. The van der Waals surface area contributed by atoms with Crippen molar-refractivity contribution in [2.75, 3.05) is 24.5 Å². The molecule has 0 atom stereocenters. The van der Waals surface area contributed by atoms with Crippen LogP contribution in [0, 0.1) is 0 Å². The van der Waals surface area contributed by atoms with E-state index in [1.54, 1.807) is 41.3 Å². The van der Waals surface area contributed by atoms with Crippen molar-refractivity contribution in [2.45, 2.75) is 25.2 Å². The molecule has 3 aromatic carbocycles. The van der Waals surface area contributed by atoms with Crippen LogP contribution >= 0.6 is 0 Å². The predicted molar refractivity (Wildman–Crippen MR) is 125 cm³/mol. The number of benzene rings is 3. The molecule has 0 saturated carbocycles. The Morgan fingerprint density at radius 1 is 0.938 bits per heavy atom. The highest BCUT2D eigenvalue weighted by atomic mass is 32.2. The van der Waals surface area contributed by atoms with Gasteiger partial charge in [0.2, 0.25) is 10.0 Å². The fourth-order valence-corrected chi connectivity index (χ4v) is 5.44. The monoisotopic (exact) mass is 450 g/mol. The second kappa shape index (κ2) is 9.14. The number of carbonyl (C=O) groups is 1. The molecule has 0 aromatic heterocycles. The molecular formula is C25H26N2O4S. The fraction of sp³-hybridized carbons (Fsp3) is 0.240. The number of fused-ring (bicyclic) bond motifs is 1. The van der Waals surface area contributed by atoms with E-state index < -0.39 is 10.0 Å². The molecule has 0 bridgehead atoms. The number of hydrogen-bond acceptors (Lipinski definition) is 4. The van der Waals surface area contributed by atoms with Gasteiger partial charge in [-0.3, -0.25) is 4.79 Å². The second-order valence-corrected chi connectivity index (χ2v) is 9.47. The number of carbonyl (C=O) groups excluding carboxylic acids is 1. The Morgan fingerprint density at radius 2 is 1.66 bits per heavy atom. The highest BCUT2D eigenvalue weighted by Gasteiger charge is 2.29. The van der Waals surface area contributed by atoms with Gasteiger partial charge in [-0.1, -0.05) is 38.1 Å². The van der Waals surface area contributed by atoms with Crippen molar-refractivity contribution in [1.82, 2.24) is 4.31 Å². The van der Waals surface area contributed by atoms with Gasteiger partial charge in [0, 0.05) is 30.9 Å². The molecule has 4 rings (SSSR count). The number of anilines is 1. The first kappa shape index (κ1) is 22.0. The van der Waals surface area contributed by atoms with Crippen molar-refractivity contribution in [1.29, 1.82) is 0 Å². The first-order valence-corrected chi connectivity index (χ1v) is 12.2. The summed E-state index contributed by atoms with van der Waals surface area (Å²) in [7, 11) is -3.53. The van der Waals surface area contributed by atoms with Crippen molar-refractivity contribution >= 4 is 21.6 Å². The van der Waals surface area contributed by atoms with Gasteiger partial charge in [0.05, 0.1) is 4.90 Å². The zero-order valence-electron chi connectivity index (χ0n) is 18.2. The first-order chi connectivity index (χ1) is 15.4. The number of para-hydroxylation sites is 1. The van der Waals surface area contributed by atoms with Crippen LogP contribution in [0.3, 0.4) is 0 Å². The number of amides is 1. The highest BCUT2D eigenvalue weighted by Crippen LogP contribution is 2.33. The van der Waals surface area contributed by atoms with Gasteiger partial charge < -0.3 is 9.64 Å². The lowest BCUT2D eigenvalue weighted by molar-refractivity contribution is 0.0989. The average Bonchev–Trinajstić information content (AvgIpc) is 3.23. The molecule has 166 valence electrons. The van der Waals surface area contributed by atoms with Crippen LogP contribution in [0.2, 0.25) is 0 Å². The maximum atomic E-state index is 13.2. The fourth-order valence-electron chi connectivity index (χ4n) is 3.94. The summed E-state index contributed by atoms with van der Waals surface area (Å²) in [5.74, 6) is 1.15. The van der Waals surface area contributed by atoms with E-state index in [-0.39, 0.29) is 10.8 Å². The predicted octanol–water partition coefficient (Wildman–Crippen LogP) is 4.71. The molecule has 0 spiro atoms. The zero-order chi connectivity index (χ0) is 22.7. The Labute approximate surface area is 189 Å². The molecule has 0 saturated heterocycles. The van der Waals surface area contributed by atoms with Crippen LogP contribution in [0.15, 0.2) is 77.7 Å². The molecule has 1 heterocycles. The van der Waals surface area contributed by atoms with Gasteiger partial charge in [-0.15, -0.1) is 0 Å². The van der Waals surface area contributed by atoms with Crippen molar-refractivity contribution in [3.63, 3.8) is 0 Å². The van der Waals surface area contributed by atoms with E-state index in [0.29, 0.717) is 43.1 Å². The van der Waals surface area contributed by atoms with Gasteiger partial charge in [-0.2, -0.15) is 4.31 Å². The lowest BCUT2D eigenvalue weighted by Crippen LogP contribution is -2.30. The maximum Gasteiger partial charge on any atom is 0.258 e. The Bertz CT molecular complexity index is 1220. The molecule has 0 aliphatic carbocycles. The second-order valence-electron chi connectivity index (χ2n) is 7.53. The number of sulfonamides is 1. The molecular weight excluding hydrogens is 424 g/mol. The minimum atomic E-state index is -3.53. The summed E-state index contributed by atoms with van der Waals surface area (Å²) in [5, 5.41) is 0. The average molecular weight is 451 g/mol. The highest BCUT2D eigenvalue weighted by molar-refractivity contribution is 7.89. The molecule has 7 heteroatoms. The molecule has 0 N–H and O–H groups in total. The van der Waals surface area contributed by atoms with E-state index in [4.69, 9.17) is 4.74 Å². The number of nitrogens with zero attached hydrogens (tertiary/aromatic N) is 2. The molecule has 0 unspecified atom stereocenters. The SMILES string of the molecule is CCN(CC)S(=O)(=O)c1ccc2c(c1)CCN2C(=O)c1cccc(Oc2ccccc2)c1. The van der Waals surface area contributed by atoms with Gasteiger partial charge in [0.1, 0.15) is 11.5 Å². The molecule has 6 nitrogen and oxygen atoms in total. The van der Waals surface area contributed by atoms with Crippen LogP contribution in [0.4, 0.5) is 5.69 Å². The van der Waals surface area contributed by atoms with E-state index in [0.717, 1.165) is 11.3 Å². The molecule has 0 fully saturated rings. The molecule has 1 amide bonds. The normalized spacial score (nSPS) is 13.3. The standard InChI is InChI=1S/C25H26N2O4S/c1-3-26(4-2)32(29,30)23-13-14-24-19(18-23)15-16-27(24)25(28)20-9-8-12-22(17-20)31-21-10-6-5-7-11-21/h5-14,17-18H,3-4,15-16H2,1-2H3. The third-order valence-electron chi connectivity index (χ3n) is 5.59. The van der Waals surface area contributed by atoms with E-state index in [9.17, 15) is 13.2 Å². The van der Waals surface area contributed by atoms with Crippen LogP contribution in [-0.4, -0.2) is 38.3 Å². The molecule has 1 aliphatic heterocycles. The maximum absolute atomic E-state index is 13.2. The van der Waals surface area contributed by atoms with Crippen LogP contribution in [0.5, 0.6) is 11.5 Å². The Balaban J connectivity index is 1.57. The molecule has 0 radical (unpaired) electrons. The number of ether oxygens (including phenoxy) is 1. The third kappa shape index (κ3) is 4.26. The molecule has 1 aliphatic rings. The van der Waals surface area contributed by atoms with Crippen molar-refractivity contribution in [2.24, 2.45) is 0 Å². The van der Waals surface area contributed by atoms with E-state index in [1.165, 1.54) is 4.31 Å². The number of rotatable bonds is 7. The van der Waals surface area contributed by atoms with Crippen molar-refractivity contribution < 1.29 is 17.9 Å². The minimum Gasteiger partial charge on any atom is -0.457 e. The van der Waals surface area contributed by atoms with Crippen LogP contribution < -0.4 is 9.64 Å². The van der Waals surface area contributed by atoms with E-state index in [2.05, 4.69) is 0 Å². The van der Waals surface area contributed by atoms with Gasteiger partial charge in [-0.05, 0) is 60.5 Å². The minimum absolute atomic E-state index is 0.137. The summed E-state index contributed by atoms with van der Waals surface area (Å²) >= 11 is 0. The summed E-state index contributed by atoms with van der Waals surface area (Å²) in [6.45, 7) is 4.99.